The standard InChI is InChI=1S/C30H21N5O4/c31-17-24-23(19-7-5-8-20(15-19)29(37)33-18-21-9-3-4-13-32-21)16-25(22-10-1-2-11-26(22)36)34-28(24)35-30(38)27-12-6-14-39-27/h1-16,36H,18H2,(H,33,37)(H,34,35,38). The molecule has 5 aromatic rings. The number of aromatic nitrogens is 2. The number of pyridine rings is 2. The monoisotopic (exact) mass is 515 g/mol. The van der Waals surface area contributed by atoms with Gasteiger partial charge in [0.1, 0.15) is 17.4 Å². The number of hydrogen-bond donors (Lipinski definition) is 3. The molecule has 0 saturated carbocycles. The Morgan fingerprint density at radius 2 is 1.77 bits per heavy atom. The summed E-state index contributed by atoms with van der Waals surface area (Å²) in [4.78, 5) is 34.4. The highest BCUT2D eigenvalue weighted by Gasteiger charge is 2.20. The molecule has 9 nitrogen and oxygen atoms in total. The van der Waals surface area contributed by atoms with Crippen molar-refractivity contribution in [3.63, 3.8) is 0 Å². The van der Waals surface area contributed by atoms with Gasteiger partial charge >= 0.3 is 0 Å². The number of phenolic OH excluding ortho intramolecular Hbond substituents is 1. The van der Waals surface area contributed by atoms with Crippen LogP contribution < -0.4 is 10.6 Å². The summed E-state index contributed by atoms with van der Waals surface area (Å²) in [5, 5.41) is 26.1. The van der Waals surface area contributed by atoms with E-state index in [9.17, 15) is 20.0 Å². The number of nitrogens with zero attached hydrogens (tertiary/aromatic N) is 3. The molecule has 0 spiro atoms. The van der Waals surface area contributed by atoms with Gasteiger partial charge in [0.25, 0.3) is 11.8 Å². The van der Waals surface area contributed by atoms with Crippen LogP contribution in [0.1, 0.15) is 32.2 Å². The van der Waals surface area contributed by atoms with E-state index in [-0.39, 0.29) is 35.3 Å². The Morgan fingerprint density at radius 3 is 2.51 bits per heavy atom. The lowest BCUT2D eigenvalue weighted by molar-refractivity contribution is 0.0949. The smallest absolute Gasteiger partial charge is 0.292 e. The van der Waals surface area contributed by atoms with Crippen molar-refractivity contribution in [2.24, 2.45) is 0 Å². The lowest BCUT2D eigenvalue weighted by atomic mass is 9.96. The predicted molar refractivity (Wildman–Crippen MR) is 144 cm³/mol. The zero-order chi connectivity index (χ0) is 27.2. The number of carbonyl (C=O) groups excluding carboxylic acids is 2. The zero-order valence-corrected chi connectivity index (χ0v) is 20.5. The molecule has 0 radical (unpaired) electrons. The Bertz CT molecular complexity index is 1690. The summed E-state index contributed by atoms with van der Waals surface area (Å²) in [5.41, 5.74) is 2.86. The Labute approximate surface area is 223 Å². The highest BCUT2D eigenvalue weighted by molar-refractivity contribution is 6.03. The van der Waals surface area contributed by atoms with Crippen LogP contribution in [0.25, 0.3) is 22.4 Å². The van der Waals surface area contributed by atoms with Crippen molar-refractivity contribution in [1.29, 1.82) is 5.26 Å². The summed E-state index contributed by atoms with van der Waals surface area (Å²) < 4.78 is 5.18. The number of phenols is 1. The van der Waals surface area contributed by atoms with Crippen LogP contribution in [0.2, 0.25) is 0 Å². The Balaban J connectivity index is 1.56. The van der Waals surface area contributed by atoms with Crippen LogP contribution in [0.3, 0.4) is 0 Å². The van der Waals surface area contributed by atoms with E-state index in [0.29, 0.717) is 33.6 Å². The summed E-state index contributed by atoms with van der Waals surface area (Å²) in [6, 6.07) is 25.6. The van der Waals surface area contributed by atoms with E-state index >= 15 is 0 Å². The molecule has 9 heteroatoms. The maximum Gasteiger partial charge on any atom is 0.292 e. The largest absolute Gasteiger partial charge is 0.507 e. The van der Waals surface area contributed by atoms with Gasteiger partial charge in [-0.15, -0.1) is 0 Å². The zero-order valence-electron chi connectivity index (χ0n) is 20.5. The van der Waals surface area contributed by atoms with Gasteiger partial charge in [-0.05, 0) is 60.2 Å². The SMILES string of the molecule is N#Cc1c(-c2cccc(C(=O)NCc3ccccn3)c2)cc(-c2ccccc2O)nc1NC(=O)c1ccco1. The molecule has 5 rings (SSSR count). The molecule has 39 heavy (non-hydrogen) atoms. The fourth-order valence-electron chi connectivity index (χ4n) is 3.99. The van der Waals surface area contributed by atoms with E-state index < -0.39 is 5.91 Å². The fraction of sp³-hybridized carbons (Fsp3) is 0.0333. The summed E-state index contributed by atoms with van der Waals surface area (Å²) in [7, 11) is 0. The maximum absolute atomic E-state index is 12.9. The first-order valence-corrected chi connectivity index (χ1v) is 11.9. The topological polar surface area (TPSA) is 141 Å². The third kappa shape index (κ3) is 5.50. The Morgan fingerprint density at radius 1 is 0.923 bits per heavy atom. The number of rotatable bonds is 7. The minimum Gasteiger partial charge on any atom is -0.507 e. The number of furan rings is 1. The summed E-state index contributed by atoms with van der Waals surface area (Å²) in [6.07, 6.45) is 3.02. The van der Waals surface area contributed by atoms with Crippen LogP contribution in [0.4, 0.5) is 5.82 Å². The van der Waals surface area contributed by atoms with Crippen LogP contribution in [0, 0.1) is 11.3 Å². The second kappa shape index (κ2) is 11.1. The first-order valence-electron chi connectivity index (χ1n) is 11.9. The molecular weight excluding hydrogens is 494 g/mol. The van der Waals surface area contributed by atoms with Gasteiger partial charge in [-0.2, -0.15) is 5.26 Å². The van der Waals surface area contributed by atoms with E-state index in [1.165, 1.54) is 18.4 Å². The number of nitrogens with one attached hydrogen (secondary N) is 2. The van der Waals surface area contributed by atoms with E-state index in [2.05, 4.69) is 26.7 Å². The molecule has 2 aromatic carbocycles. The second-order valence-electron chi connectivity index (χ2n) is 8.42. The van der Waals surface area contributed by atoms with E-state index in [1.807, 2.05) is 12.1 Å². The minimum atomic E-state index is -0.591. The number of carbonyl (C=O) groups is 2. The quantitative estimate of drug-likeness (QED) is 0.272. The molecule has 3 aromatic heterocycles. The first kappa shape index (κ1) is 24.9. The molecule has 0 atom stereocenters. The van der Waals surface area contributed by atoms with Gasteiger partial charge in [0.05, 0.1) is 24.2 Å². The molecule has 0 aliphatic carbocycles. The number of benzene rings is 2. The minimum absolute atomic E-state index is 0.0142. The molecule has 0 bridgehead atoms. The van der Waals surface area contributed by atoms with Gasteiger partial charge in [0.15, 0.2) is 11.6 Å². The number of amides is 2. The van der Waals surface area contributed by atoms with Crippen LogP contribution >= 0.6 is 0 Å². The number of aromatic hydroxyl groups is 1. The number of para-hydroxylation sites is 1. The highest BCUT2D eigenvalue weighted by Crippen LogP contribution is 2.35. The first-order chi connectivity index (χ1) is 19.0. The maximum atomic E-state index is 12.9. The third-order valence-electron chi connectivity index (χ3n) is 5.88. The normalized spacial score (nSPS) is 10.4. The van der Waals surface area contributed by atoms with Gasteiger partial charge in [0, 0.05) is 22.9 Å². The average Bonchev–Trinajstić information content (AvgIpc) is 3.52. The van der Waals surface area contributed by atoms with E-state index in [1.54, 1.807) is 66.9 Å². The Kier molecular flexibility index (Phi) is 7.10. The summed E-state index contributed by atoms with van der Waals surface area (Å²) >= 11 is 0. The molecule has 0 saturated heterocycles. The molecule has 190 valence electrons. The molecular formula is C30H21N5O4. The van der Waals surface area contributed by atoms with Gasteiger partial charge in [-0.25, -0.2) is 4.98 Å². The summed E-state index contributed by atoms with van der Waals surface area (Å²) in [5.74, 6) is -0.901. The fourth-order valence-corrected chi connectivity index (χ4v) is 3.99. The third-order valence-corrected chi connectivity index (χ3v) is 5.88. The molecule has 2 amide bonds. The van der Waals surface area contributed by atoms with Gasteiger partial charge in [-0.1, -0.05) is 30.3 Å². The van der Waals surface area contributed by atoms with Crippen LogP contribution in [-0.4, -0.2) is 26.9 Å². The van der Waals surface area contributed by atoms with Crippen LogP contribution in [0.5, 0.6) is 5.75 Å². The number of nitriles is 1. The Hall–Kier alpha value is -5.75. The van der Waals surface area contributed by atoms with Crippen molar-refractivity contribution in [2.75, 3.05) is 5.32 Å². The lowest BCUT2D eigenvalue weighted by Crippen LogP contribution is -2.23. The van der Waals surface area contributed by atoms with Crippen molar-refractivity contribution in [1.82, 2.24) is 15.3 Å². The number of hydrogen-bond acceptors (Lipinski definition) is 7. The van der Waals surface area contributed by atoms with Crippen molar-refractivity contribution in [2.45, 2.75) is 6.54 Å². The van der Waals surface area contributed by atoms with Crippen molar-refractivity contribution in [3.05, 3.63) is 120 Å². The predicted octanol–water partition coefficient (Wildman–Crippen LogP) is 5.16. The highest BCUT2D eigenvalue weighted by atomic mass is 16.3. The van der Waals surface area contributed by atoms with Crippen molar-refractivity contribution < 1.29 is 19.1 Å². The van der Waals surface area contributed by atoms with Crippen molar-refractivity contribution >= 4 is 17.6 Å². The second-order valence-corrected chi connectivity index (χ2v) is 8.42. The van der Waals surface area contributed by atoms with E-state index in [4.69, 9.17) is 4.42 Å². The van der Waals surface area contributed by atoms with Gasteiger partial charge in [0.2, 0.25) is 0 Å². The molecule has 0 unspecified atom stereocenters. The molecule has 0 aliphatic heterocycles. The molecule has 0 fully saturated rings. The van der Waals surface area contributed by atoms with Crippen LogP contribution in [0.15, 0.2) is 102 Å². The van der Waals surface area contributed by atoms with E-state index in [0.717, 1.165) is 0 Å². The molecule has 3 heterocycles. The average molecular weight is 516 g/mol. The number of anilines is 1. The van der Waals surface area contributed by atoms with Gasteiger partial charge in [-0.3, -0.25) is 14.6 Å². The van der Waals surface area contributed by atoms with Crippen LogP contribution in [-0.2, 0) is 6.54 Å². The lowest BCUT2D eigenvalue weighted by Gasteiger charge is -2.14. The van der Waals surface area contributed by atoms with Crippen molar-refractivity contribution in [3.8, 4) is 34.2 Å². The van der Waals surface area contributed by atoms with Gasteiger partial charge < -0.3 is 20.2 Å². The molecule has 0 aliphatic rings. The summed E-state index contributed by atoms with van der Waals surface area (Å²) in [6.45, 7) is 0.253. The molecule has 3 N–H and O–H groups in total.